The molecule has 16 heavy (non-hydrogen) atoms. The van der Waals surface area contributed by atoms with Crippen LogP contribution >= 0.6 is 11.5 Å². The summed E-state index contributed by atoms with van der Waals surface area (Å²) in [7, 11) is 0. The monoisotopic (exact) mass is 239 g/mol. The van der Waals surface area contributed by atoms with Crippen molar-refractivity contribution in [3.8, 4) is 0 Å². The molecule has 0 N–H and O–H groups in total. The Bertz CT molecular complexity index is 356. The summed E-state index contributed by atoms with van der Waals surface area (Å²) in [6.45, 7) is 3.79. The molecule has 1 aromatic heterocycles. The fourth-order valence-electron chi connectivity index (χ4n) is 2.02. The fourth-order valence-corrected chi connectivity index (χ4v) is 2.74. The van der Waals surface area contributed by atoms with Crippen LogP contribution in [-0.4, -0.2) is 33.5 Å². The predicted octanol–water partition coefficient (Wildman–Crippen LogP) is 2.12. The maximum Gasteiger partial charge on any atom is 0.267 e. The molecule has 0 unspecified atom stereocenters. The van der Waals surface area contributed by atoms with Crippen molar-refractivity contribution in [1.82, 2.24) is 14.5 Å². The first-order valence-electron chi connectivity index (χ1n) is 5.93. The van der Waals surface area contributed by atoms with Crippen LogP contribution in [0.2, 0.25) is 0 Å². The van der Waals surface area contributed by atoms with Gasteiger partial charge < -0.3 is 4.90 Å². The molecular formula is C11H17N3OS. The highest BCUT2D eigenvalue weighted by atomic mass is 32.1. The van der Waals surface area contributed by atoms with E-state index in [0.29, 0.717) is 0 Å². The number of amides is 1. The molecule has 1 saturated heterocycles. The third kappa shape index (κ3) is 2.40. The van der Waals surface area contributed by atoms with Crippen LogP contribution in [0.1, 0.15) is 48.0 Å². The van der Waals surface area contributed by atoms with E-state index in [-0.39, 0.29) is 5.91 Å². The van der Waals surface area contributed by atoms with E-state index >= 15 is 0 Å². The quantitative estimate of drug-likeness (QED) is 0.794. The average Bonchev–Trinajstić information content (AvgIpc) is 2.61. The SMILES string of the molecule is CCc1nnsc1C(=O)N1CCCCCC1. The largest absolute Gasteiger partial charge is 0.338 e. The van der Waals surface area contributed by atoms with Gasteiger partial charge in [-0.25, -0.2) is 0 Å². The molecule has 0 spiro atoms. The average molecular weight is 239 g/mol. The molecule has 0 bridgehead atoms. The van der Waals surface area contributed by atoms with Crippen molar-refractivity contribution >= 4 is 17.4 Å². The summed E-state index contributed by atoms with van der Waals surface area (Å²) in [5, 5.41) is 4.00. The number of hydrogen-bond acceptors (Lipinski definition) is 4. The molecular weight excluding hydrogens is 222 g/mol. The number of nitrogens with zero attached hydrogens (tertiary/aromatic N) is 3. The van der Waals surface area contributed by atoms with Crippen molar-refractivity contribution in [2.24, 2.45) is 0 Å². The number of rotatable bonds is 2. The fraction of sp³-hybridized carbons (Fsp3) is 0.727. The van der Waals surface area contributed by atoms with Gasteiger partial charge in [0.2, 0.25) is 0 Å². The van der Waals surface area contributed by atoms with Crippen LogP contribution in [0, 0.1) is 0 Å². The van der Waals surface area contributed by atoms with Crippen LogP contribution in [0.3, 0.4) is 0 Å². The van der Waals surface area contributed by atoms with E-state index in [0.717, 1.165) is 42.9 Å². The topological polar surface area (TPSA) is 46.1 Å². The lowest BCUT2D eigenvalue weighted by Crippen LogP contribution is -2.31. The van der Waals surface area contributed by atoms with Gasteiger partial charge in [0.1, 0.15) is 4.88 Å². The van der Waals surface area contributed by atoms with E-state index in [4.69, 9.17) is 0 Å². The van der Waals surface area contributed by atoms with Gasteiger partial charge in [-0.1, -0.05) is 24.3 Å². The lowest BCUT2D eigenvalue weighted by atomic mass is 10.2. The Balaban J connectivity index is 2.11. The number of aryl methyl sites for hydroxylation is 1. The highest BCUT2D eigenvalue weighted by Gasteiger charge is 2.22. The van der Waals surface area contributed by atoms with E-state index in [1.807, 2.05) is 11.8 Å². The minimum atomic E-state index is 0.133. The molecule has 88 valence electrons. The first kappa shape index (κ1) is 11.5. The zero-order valence-electron chi connectivity index (χ0n) is 9.61. The lowest BCUT2D eigenvalue weighted by Gasteiger charge is -2.19. The van der Waals surface area contributed by atoms with E-state index in [2.05, 4.69) is 9.59 Å². The number of carbonyl (C=O) groups excluding carboxylic acids is 1. The second-order valence-electron chi connectivity index (χ2n) is 4.11. The van der Waals surface area contributed by atoms with Gasteiger partial charge in [0.25, 0.3) is 5.91 Å². The van der Waals surface area contributed by atoms with Gasteiger partial charge in [-0.3, -0.25) is 4.79 Å². The molecule has 2 rings (SSSR count). The normalized spacial score (nSPS) is 17.2. The van der Waals surface area contributed by atoms with Crippen LogP contribution in [0.4, 0.5) is 0 Å². The minimum Gasteiger partial charge on any atom is -0.338 e. The van der Waals surface area contributed by atoms with Crippen LogP contribution in [0.15, 0.2) is 0 Å². The Hall–Kier alpha value is -0.970. The summed E-state index contributed by atoms with van der Waals surface area (Å²) in [6, 6.07) is 0. The van der Waals surface area contributed by atoms with E-state index in [1.165, 1.54) is 24.4 Å². The molecule has 0 atom stereocenters. The first-order chi connectivity index (χ1) is 7.83. The van der Waals surface area contributed by atoms with Gasteiger partial charge in [0.15, 0.2) is 0 Å². The van der Waals surface area contributed by atoms with Gasteiger partial charge >= 0.3 is 0 Å². The van der Waals surface area contributed by atoms with Crippen molar-refractivity contribution in [2.75, 3.05) is 13.1 Å². The van der Waals surface area contributed by atoms with Gasteiger partial charge in [-0.05, 0) is 30.8 Å². The molecule has 0 aromatic carbocycles. The summed E-state index contributed by atoms with van der Waals surface area (Å²) in [4.78, 5) is 14.9. The Labute approximate surface area is 99.8 Å². The zero-order chi connectivity index (χ0) is 11.4. The highest BCUT2D eigenvalue weighted by Crippen LogP contribution is 2.17. The number of likely N-dealkylation sites (tertiary alicyclic amines) is 1. The summed E-state index contributed by atoms with van der Waals surface area (Å²) in [5.74, 6) is 0.133. The van der Waals surface area contributed by atoms with Crippen molar-refractivity contribution in [2.45, 2.75) is 39.0 Å². The molecule has 1 aromatic rings. The lowest BCUT2D eigenvalue weighted by molar-refractivity contribution is 0.0765. The Kier molecular flexibility index (Phi) is 3.88. The second kappa shape index (κ2) is 5.39. The molecule has 0 radical (unpaired) electrons. The van der Waals surface area contributed by atoms with Crippen LogP contribution < -0.4 is 0 Å². The van der Waals surface area contributed by atoms with Crippen LogP contribution in [0.25, 0.3) is 0 Å². The minimum absolute atomic E-state index is 0.133. The second-order valence-corrected chi connectivity index (χ2v) is 4.86. The third-order valence-corrected chi connectivity index (χ3v) is 3.73. The van der Waals surface area contributed by atoms with Crippen molar-refractivity contribution in [1.29, 1.82) is 0 Å². The molecule has 0 saturated carbocycles. The Morgan fingerprint density at radius 3 is 2.62 bits per heavy atom. The van der Waals surface area contributed by atoms with Crippen molar-refractivity contribution in [3.63, 3.8) is 0 Å². The molecule has 1 amide bonds. The van der Waals surface area contributed by atoms with Gasteiger partial charge in [-0.2, -0.15) is 0 Å². The van der Waals surface area contributed by atoms with E-state index in [1.54, 1.807) is 0 Å². The van der Waals surface area contributed by atoms with Crippen LogP contribution in [0.5, 0.6) is 0 Å². The summed E-state index contributed by atoms with van der Waals surface area (Å²) < 4.78 is 3.88. The van der Waals surface area contributed by atoms with E-state index < -0.39 is 0 Å². The predicted molar refractivity (Wildman–Crippen MR) is 63.7 cm³/mol. The van der Waals surface area contributed by atoms with Crippen molar-refractivity contribution < 1.29 is 4.79 Å². The highest BCUT2D eigenvalue weighted by molar-refractivity contribution is 7.07. The molecule has 5 heteroatoms. The van der Waals surface area contributed by atoms with Gasteiger partial charge in [-0.15, -0.1) is 5.10 Å². The molecule has 1 fully saturated rings. The summed E-state index contributed by atoms with van der Waals surface area (Å²) in [5.41, 5.74) is 0.847. The van der Waals surface area contributed by atoms with Crippen LogP contribution in [-0.2, 0) is 6.42 Å². The first-order valence-corrected chi connectivity index (χ1v) is 6.70. The number of aromatic nitrogens is 2. The molecule has 4 nitrogen and oxygen atoms in total. The molecule has 1 aliphatic rings. The van der Waals surface area contributed by atoms with Crippen molar-refractivity contribution in [3.05, 3.63) is 10.6 Å². The summed E-state index contributed by atoms with van der Waals surface area (Å²) in [6.07, 6.45) is 5.51. The molecule has 2 heterocycles. The van der Waals surface area contributed by atoms with Gasteiger partial charge in [0.05, 0.1) is 5.69 Å². The molecule has 0 aliphatic carbocycles. The number of hydrogen-bond donors (Lipinski definition) is 0. The maximum absolute atomic E-state index is 12.2. The smallest absolute Gasteiger partial charge is 0.267 e. The Morgan fingerprint density at radius 1 is 1.31 bits per heavy atom. The third-order valence-electron chi connectivity index (χ3n) is 2.98. The number of carbonyl (C=O) groups is 1. The maximum atomic E-state index is 12.2. The molecule has 1 aliphatic heterocycles. The zero-order valence-corrected chi connectivity index (χ0v) is 10.4. The Morgan fingerprint density at radius 2 is 2.00 bits per heavy atom. The summed E-state index contributed by atoms with van der Waals surface area (Å²) >= 11 is 1.23. The van der Waals surface area contributed by atoms with Gasteiger partial charge in [0, 0.05) is 13.1 Å². The van der Waals surface area contributed by atoms with E-state index in [9.17, 15) is 4.79 Å². The standard InChI is InChI=1S/C11H17N3OS/c1-2-9-10(16-13-12-9)11(15)14-7-5-3-4-6-8-14/h2-8H2,1H3.